The second-order valence-corrected chi connectivity index (χ2v) is 5.96. The van der Waals surface area contributed by atoms with Crippen molar-refractivity contribution in [3.63, 3.8) is 0 Å². The lowest BCUT2D eigenvalue weighted by atomic mass is 9.97. The fourth-order valence-electron chi connectivity index (χ4n) is 2.90. The molecule has 0 bridgehead atoms. The van der Waals surface area contributed by atoms with Crippen molar-refractivity contribution in [1.82, 2.24) is 24.6 Å². The van der Waals surface area contributed by atoms with Crippen molar-refractivity contribution in [3.05, 3.63) is 36.5 Å². The van der Waals surface area contributed by atoms with Gasteiger partial charge in [0.2, 0.25) is 5.91 Å². The number of aromatic nitrogens is 4. The number of pyridine rings is 1. The van der Waals surface area contributed by atoms with E-state index in [-0.39, 0.29) is 11.8 Å². The maximum Gasteiger partial charge on any atom is 0.229 e. The number of carbonyl (C=O) groups excluding carboxylic acids is 1. The van der Waals surface area contributed by atoms with Crippen LogP contribution in [0.2, 0.25) is 0 Å². The van der Waals surface area contributed by atoms with E-state index in [2.05, 4.69) is 25.3 Å². The molecule has 0 aliphatic carbocycles. The molecule has 1 N–H and O–H groups in total. The first-order chi connectivity index (χ1) is 11.2. The van der Waals surface area contributed by atoms with Gasteiger partial charge < -0.3 is 10.2 Å². The van der Waals surface area contributed by atoms with Crippen LogP contribution in [-0.4, -0.2) is 50.2 Å². The van der Waals surface area contributed by atoms with Gasteiger partial charge in [0, 0.05) is 19.3 Å². The molecule has 23 heavy (non-hydrogen) atoms. The molecule has 1 aliphatic heterocycles. The van der Waals surface area contributed by atoms with Gasteiger partial charge in [-0.3, -0.25) is 9.48 Å². The van der Waals surface area contributed by atoms with Crippen LogP contribution in [0.3, 0.4) is 0 Å². The SMILES string of the molecule is Cc1cccnc1NC(=O)[C@H]1CCCN(CCn2cncn2)C1. The summed E-state index contributed by atoms with van der Waals surface area (Å²) in [5.41, 5.74) is 0.986. The average Bonchev–Trinajstić information content (AvgIpc) is 3.09. The summed E-state index contributed by atoms with van der Waals surface area (Å²) < 4.78 is 1.82. The Bertz CT molecular complexity index is 642. The molecule has 7 nitrogen and oxygen atoms in total. The number of hydrogen-bond donors (Lipinski definition) is 1. The summed E-state index contributed by atoms with van der Waals surface area (Å²) >= 11 is 0. The molecule has 1 fully saturated rings. The van der Waals surface area contributed by atoms with Gasteiger partial charge in [0.1, 0.15) is 18.5 Å². The zero-order chi connectivity index (χ0) is 16.1. The molecule has 1 atom stereocenters. The van der Waals surface area contributed by atoms with E-state index in [4.69, 9.17) is 0 Å². The van der Waals surface area contributed by atoms with E-state index in [1.807, 2.05) is 23.7 Å². The number of nitrogens with one attached hydrogen (secondary N) is 1. The van der Waals surface area contributed by atoms with Crippen LogP contribution in [0.15, 0.2) is 31.0 Å². The third-order valence-corrected chi connectivity index (χ3v) is 4.24. The minimum atomic E-state index is 0.0147. The van der Waals surface area contributed by atoms with Crippen LogP contribution in [0.4, 0.5) is 5.82 Å². The maximum atomic E-state index is 12.5. The summed E-state index contributed by atoms with van der Waals surface area (Å²) in [6.45, 7) is 5.45. The Morgan fingerprint density at radius 2 is 2.35 bits per heavy atom. The van der Waals surface area contributed by atoms with E-state index in [9.17, 15) is 4.79 Å². The molecule has 0 unspecified atom stereocenters. The van der Waals surface area contributed by atoms with Crippen LogP contribution in [0.1, 0.15) is 18.4 Å². The molecule has 3 rings (SSSR count). The van der Waals surface area contributed by atoms with E-state index in [0.29, 0.717) is 5.82 Å². The normalized spacial score (nSPS) is 18.7. The van der Waals surface area contributed by atoms with Gasteiger partial charge in [0.25, 0.3) is 0 Å². The molecule has 122 valence electrons. The Morgan fingerprint density at radius 3 is 3.13 bits per heavy atom. The highest BCUT2D eigenvalue weighted by Gasteiger charge is 2.26. The predicted molar refractivity (Wildman–Crippen MR) is 86.8 cm³/mol. The number of rotatable bonds is 5. The molecular weight excluding hydrogens is 292 g/mol. The van der Waals surface area contributed by atoms with E-state index in [1.165, 1.54) is 0 Å². The fourth-order valence-corrected chi connectivity index (χ4v) is 2.90. The number of likely N-dealkylation sites (tertiary alicyclic amines) is 1. The Hall–Kier alpha value is -2.28. The number of carbonyl (C=O) groups is 1. The molecule has 1 amide bonds. The fraction of sp³-hybridized carbons (Fsp3) is 0.500. The lowest BCUT2D eigenvalue weighted by molar-refractivity contribution is -0.121. The first-order valence-electron chi connectivity index (χ1n) is 7.99. The number of amides is 1. The van der Waals surface area contributed by atoms with Crippen LogP contribution < -0.4 is 5.32 Å². The molecule has 2 aromatic heterocycles. The number of nitrogens with zero attached hydrogens (tertiary/aromatic N) is 5. The highest BCUT2D eigenvalue weighted by Crippen LogP contribution is 2.19. The minimum absolute atomic E-state index is 0.0147. The van der Waals surface area contributed by atoms with Gasteiger partial charge in [0.05, 0.1) is 12.5 Å². The minimum Gasteiger partial charge on any atom is -0.310 e. The van der Waals surface area contributed by atoms with E-state index in [0.717, 1.165) is 44.6 Å². The Labute approximate surface area is 135 Å². The number of hydrogen-bond acceptors (Lipinski definition) is 5. The molecular formula is C16H22N6O. The summed E-state index contributed by atoms with van der Waals surface area (Å²) in [6, 6.07) is 3.82. The summed E-state index contributed by atoms with van der Waals surface area (Å²) in [5.74, 6) is 0.746. The second-order valence-electron chi connectivity index (χ2n) is 5.96. The number of piperidine rings is 1. The zero-order valence-electron chi connectivity index (χ0n) is 13.4. The van der Waals surface area contributed by atoms with Crippen molar-refractivity contribution in [1.29, 1.82) is 0 Å². The standard InChI is InChI=1S/C16H22N6O/c1-13-4-2-6-18-15(13)20-16(23)14-5-3-7-21(10-14)8-9-22-12-17-11-19-22/h2,4,6,11-12,14H,3,5,7-10H2,1H3,(H,18,20,23)/t14-/m0/s1. The smallest absolute Gasteiger partial charge is 0.229 e. The van der Waals surface area contributed by atoms with Crippen LogP contribution in [0, 0.1) is 12.8 Å². The summed E-state index contributed by atoms with van der Waals surface area (Å²) in [4.78, 5) is 23.0. The molecule has 1 aliphatic rings. The van der Waals surface area contributed by atoms with Gasteiger partial charge in [-0.1, -0.05) is 6.07 Å². The van der Waals surface area contributed by atoms with Crippen molar-refractivity contribution in [3.8, 4) is 0 Å². The first kappa shape index (κ1) is 15.6. The Morgan fingerprint density at radius 1 is 1.43 bits per heavy atom. The molecule has 7 heteroatoms. The van der Waals surface area contributed by atoms with Crippen molar-refractivity contribution >= 4 is 11.7 Å². The van der Waals surface area contributed by atoms with Crippen molar-refractivity contribution < 1.29 is 4.79 Å². The summed E-state index contributed by atoms with van der Waals surface area (Å²) in [5, 5.41) is 7.08. The highest BCUT2D eigenvalue weighted by atomic mass is 16.2. The second kappa shape index (κ2) is 7.32. The van der Waals surface area contributed by atoms with Gasteiger partial charge in [-0.2, -0.15) is 5.10 Å². The van der Waals surface area contributed by atoms with E-state index >= 15 is 0 Å². The van der Waals surface area contributed by atoms with Gasteiger partial charge in [-0.05, 0) is 37.9 Å². The van der Waals surface area contributed by atoms with Gasteiger partial charge in [-0.15, -0.1) is 0 Å². The van der Waals surface area contributed by atoms with Gasteiger partial charge in [-0.25, -0.2) is 9.97 Å². The summed E-state index contributed by atoms with van der Waals surface area (Å²) in [6.07, 6.45) is 6.93. The van der Waals surface area contributed by atoms with Crippen molar-refractivity contribution in [2.24, 2.45) is 5.92 Å². The topological polar surface area (TPSA) is 75.9 Å². The van der Waals surface area contributed by atoms with Gasteiger partial charge >= 0.3 is 0 Å². The largest absolute Gasteiger partial charge is 0.310 e. The number of aryl methyl sites for hydroxylation is 1. The maximum absolute atomic E-state index is 12.5. The van der Waals surface area contributed by atoms with E-state index < -0.39 is 0 Å². The van der Waals surface area contributed by atoms with E-state index in [1.54, 1.807) is 18.9 Å². The summed E-state index contributed by atoms with van der Waals surface area (Å²) in [7, 11) is 0. The Kier molecular flexibility index (Phi) is 4.97. The first-order valence-corrected chi connectivity index (χ1v) is 7.99. The van der Waals surface area contributed by atoms with Crippen molar-refractivity contribution in [2.75, 3.05) is 25.0 Å². The molecule has 1 saturated heterocycles. The van der Waals surface area contributed by atoms with Crippen LogP contribution >= 0.6 is 0 Å². The zero-order valence-corrected chi connectivity index (χ0v) is 13.4. The lowest BCUT2D eigenvalue weighted by Crippen LogP contribution is -2.42. The molecule has 2 aromatic rings. The quantitative estimate of drug-likeness (QED) is 0.901. The monoisotopic (exact) mass is 314 g/mol. The molecule has 0 radical (unpaired) electrons. The third kappa shape index (κ3) is 4.13. The average molecular weight is 314 g/mol. The molecule has 3 heterocycles. The lowest BCUT2D eigenvalue weighted by Gasteiger charge is -2.31. The molecule has 0 saturated carbocycles. The predicted octanol–water partition coefficient (Wildman–Crippen LogP) is 1.33. The van der Waals surface area contributed by atoms with Crippen molar-refractivity contribution in [2.45, 2.75) is 26.3 Å². The van der Waals surface area contributed by atoms with Crippen LogP contribution in [0.25, 0.3) is 0 Å². The molecule has 0 spiro atoms. The Balaban J connectivity index is 1.53. The molecule has 0 aromatic carbocycles. The highest BCUT2D eigenvalue weighted by molar-refractivity contribution is 5.92. The van der Waals surface area contributed by atoms with Crippen LogP contribution in [0.5, 0.6) is 0 Å². The van der Waals surface area contributed by atoms with Crippen LogP contribution in [-0.2, 0) is 11.3 Å². The number of anilines is 1. The van der Waals surface area contributed by atoms with Gasteiger partial charge in [0.15, 0.2) is 0 Å². The third-order valence-electron chi connectivity index (χ3n) is 4.24.